The van der Waals surface area contributed by atoms with Gasteiger partial charge in [-0.1, -0.05) is 36.4 Å². The third kappa shape index (κ3) is 4.94. The van der Waals surface area contributed by atoms with E-state index in [9.17, 15) is 18.3 Å². The van der Waals surface area contributed by atoms with Gasteiger partial charge in [0.25, 0.3) is 5.91 Å². The van der Waals surface area contributed by atoms with Gasteiger partial charge in [-0.3, -0.25) is 4.79 Å². The van der Waals surface area contributed by atoms with E-state index in [4.69, 9.17) is 0 Å². The Bertz CT molecular complexity index is 909. The van der Waals surface area contributed by atoms with Crippen LogP contribution in [0, 0.1) is 6.92 Å². The molecule has 6 nitrogen and oxygen atoms in total. The number of hydrogen-bond donors (Lipinski definition) is 2. The van der Waals surface area contributed by atoms with E-state index in [2.05, 4.69) is 4.72 Å². The largest absolute Gasteiger partial charge is 0.395 e. The van der Waals surface area contributed by atoms with Crippen LogP contribution in [-0.4, -0.2) is 43.5 Å². The molecule has 7 heteroatoms. The Morgan fingerprint density at radius 3 is 2.52 bits per heavy atom. The number of carbonyl (C=O) groups is 1. The summed E-state index contributed by atoms with van der Waals surface area (Å²) in [6, 6.07) is 14.1. The van der Waals surface area contributed by atoms with Crippen molar-refractivity contribution in [2.75, 3.05) is 13.2 Å². The van der Waals surface area contributed by atoms with Crippen molar-refractivity contribution in [3.05, 3.63) is 65.2 Å². The van der Waals surface area contributed by atoms with E-state index in [0.717, 1.165) is 18.4 Å². The monoisotopic (exact) mass is 388 g/mol. The van der Waals surface area contributed by atoms with Crippen LogP contribution in [0.3, 0.4) is 0 Å². The zero-order chi connectivity index (χ0) is 19.4. The van der Waals surface area contributed by atoms with Gasteiger partial charge in [-0.25, -0.2) is 13.1 Å². The lowest BCUT2D eigenvalue weighted by molar-refractivity contribution is 0.0707. The number of nitrogens with zero attached hydrogens (tertiary/aromatic N) is 1. The van der Waals surface area contributed by atoms with Gasteiger partial charge in [0.15, 0.2) is 0 Å². The Morgan fingerprint density at radius 1 is 1.19 bits per heavy atom. The number of nitrogens with one attached hydrogen (secondary N) is 1. The maximum atomic E-state index is 13.1. The zero-order valence-electron chi connectivity index (χ0n) is 15.3. The number of aryl methyl sites for hydroxylation is 1. The van der Waals surface area contributed by atoms with Crippen LogP contribution in [0.5, 0.6) is 0 Å². The lowest BCUT2D eigenvalue weighted by atomic mass is 10.1. The fraction of sp³-hybridized carbons (Fsp3) is 0.350. The van der Waals surface area contributed by atoms with E-state index in [1.807, 2.05) is 30.3 Å². The molecule has 1 aliphatic rings. The van der Waals surface area contributed by atoms with E-state index in [0.29, 0.717) is 17.7 Å². The molecule has 0 aromatic heterocycles. The van der Waals surface area contributed by atoms with Crippen molar-refractivity contribution in [1.29, 1.82) is 0 Å². The molecular weight excluding hydrogens is 364 g/mol. The molecule has 3 rings (SSSR count). The molecule has 2 aromatic rings. The number of amides is 1. The fourth-order valence-electron chi connectivity index (χ4n) is 2.83. The van der Waals surface area contributed by atoms with E-state index < -0.39 is 10.0 Å². The third-order valence-corrected chi connectivity index (χ3v) is 6.04. The van der Waals surface area contributed by atoms with Crippen molar-refractivity contribution < 1.29 is 18.3 Å². The lowest BCUT2D eigenvalue weighted by Gasteiger charge is -2.23. The molecule has 0 bridgehead atoms. The predicted octanol–water partition coefficient (Wildman–Crippen LogP) is 2.07. The Kier molecular flexibility index (Phi) is 5.94. The minimum Gasteiger partial charge on any atom is -0.395 e. The van der Waals surface area contributed by atoms with Crippen molar-refractivity contribution in [2.24, 2.45) is 0 Å². The van der Waals surface area contributed by atoms with E-state index in [-0.39, 0.29) is 30.0 Å². The normalized spacial score (nSPS) is 14.1. The number of hydrogen-bond acceptors (Lipinski definition) is 4. The Balaban J connectivity index is 1.87. The first kappa shape index (κ1) is 19.5. The lowest BCUT2D eigenvalue weighted by Crippen LogP contribution is -2.34. The first-order valence-corrected chi connectivity index (χ1v) is 10.5. The topological polar surface area (TPSA) is 86.7 Å². The molecule has 27 heavy (non-hydrogen) atoms. The highest BCUT2D eigenvalue weighted by atomic mass is 32.2. The van der Waals surface area contributed by atoms with Gasteiger partial charge in [0, 0.05) is 24.7 Å². The quantitative estimate of drug-likeness (QED) is 0.725. The summed E-state index contributed by atoms with van der Waals surface area (Å²) < 4.78 is 27.6. The van der Waals surface area contributed by atoms with Crippen molar-refractivity contribution >= 4 is 15.9 Å². The Labute approximate surface area is 159 Å². The molecule has 0 atom stereocenters. The highest BCUT2D eigenvalue weighted by molar-refractivity contribution is 7.89. The number of aliphatic hydroxyl groups excluding tert-OH is 1. The molecule has 2 N–H and O–H groups in total. The van der Waals surface area contributed by atoms with Crippen LogP contribution in [0.1, 0.15) is 34.3 Å². The minimum absolute atomic E-state index is 0.000535. The van der Waals surface area contributed by atoms with Crippen molar-refractivity contribution in [3.8, 4) is 0 Å². The Hall–Kier alpha value is -2.22. The molecule has 0 radical (unpaired) electrons. The van der Waals surface area contributed by atoms with Crippen molar-refractivity contribution in [3.63, 3.8) is 0 Å². The van der Waals surface area contributed by atoms with Gasteiger partial charge in [0.2, 0.25) is 10.0 Å². The van der Waals surface area contributed by atoms with Gasteiger partial charge in [-0.2, -0.15) is 0 Å². The maximum absolute atomic E-state index is 13.1. The van der Waals surface area contributed by atoms with Crippen LogP contribution < -0.4 is 4.72 Å². The van der Waals surface area contributed by atoms with Gasteiger partial charge in [-0.15, -0.1) is 0 Å². The zero-order valence-corrected chi connectivity index (χ0v) is 16.1. The van der Waals surface area contributed by atoms with Gasteiger partial charge in [-0.05, 0) is 43.0 Å². The highest BCUT2D eigenvalue weighted by Gasteiger charge is 2.29. The average molecular weight is 388 g/mol. The maximum Gasteiger partial charge on any atom is 0.254 e. The summed E-state index contributed by atoms with van der Waals surface area (Å²) >= 11 is 0. The number of aliphatic hydroxyl groups is 1. The third-order valence-electron chi connectivity index (χ3n) is 4.52. The molecule has 2 aromatic carbocycles. The average Bonchev–Trinajstić information content (AvgIpc) is 3.45. The smallest absolute Gasteiger partial charge is 0.254 e. The molecule has 0 unspecified atom stereocenters. The Morgan fingerprint density at radius 2 is 1.89 bits per heavy atom. The standard InChI is InChI=1S/C20H24N2O4S/c1-15-7-10-18(27(25,26)21-17-8-9-17)13-19(15)20(24)22(11-12-23)14-16-5-3-2-4-6-16/h2-7,10,13,17,21,23H,8-9,11-12,14H2,1H3. The molecule has 1 saturated carbocycles. The molecule has 0 spiro atoms. The SMILES string of the molecule is Cc1ccc(S(=O)(=O)NC2CC2)cc1C(=O)N(CCO)Cc1ccccc1. The molecule has 0 saturated heterocycles. The molecule has 0 heterocycles. The van der Waals surface area contributed by atoms with E-state index in [1.54, 1.807) is 13.0 Å². The summed E-state index contributed by atoms with van der Waals surface area (Å²) in [7, 11) is -3.64. The number of rotatable bonds is 8. The van der Waals surface area contributed by atoms with Crippen LogP contribution >= 0.6 is 0 Å². The van der Waals surface area contributed by atoms with Crippen LogP contribution in [0.4, 0.5) is 0 Å². The van der Waals surface area contributed by atoms with Crippen molar-refractivity contribution in [2.45, 2.75) is 37.2 Å². The van der Waals surface area contributed by atoms with Crippen LogP contribution in [0.2, 0.25) is 0 Å². The second-order valence-electron chi connectivity index (χ2n) is 6.81. The molecule has 0 aliphatic heterocycles. The number of benzene rings is 2. The first-order valence-electron chi connectivity index (χ1n) is 8.98. The second kappa shape index (κ2) is 8.21. The molecule has 144 valence electrons. The van der Waals surface area contributed by atoms with Gasteiger partial charge in [0.1, 0.15) is 0 Å². The predicted molar refractivity (Wildman–Crippen MR) is 103 cm³/mol. The first-order chi connectivity index (χ1) is 12.9. The molecule has 1 aliphatic carbocycles. The molecule has 1 amide bonds. The summed E-state index contributed by atoms with van der Waals surface area (Å²) in [6.45, 7) is 2.12. The summed E-state index contributed by atoms with van der Waals surface area (Å²) in [5, 5.41) is 9.37. The fourth-order valence-corrected chi connectivity index (χ4v) is 4.17. The minimum atomic E-state index is -3.64. The summed E-state index contributed by atoms with van der Waals surface area (Å²) in [6.07, 6.45) is 1.69. The van der Waals surface area contributed by atoms with Crippen LogP contribution in [-0.2, 0) is 16.6 Å². The molecule has 1 fully saturated rings. The van der Waals surface area contributed by atoms with Gasteiger partial charge < -0.3 is 10.0 Å². The number of carbonyl (C=O) groups excluding carboxylic acids is 1. The van der Waals surface area contributed by atoms with Gasteiger partial charge >= 0.3 is 0 Å². The summed E-state index contributed by atoms with van der Waals surface area (Å²) in [5.41, 5.74) is 1.97. The van der Waals surface area contributed by atoms with Crippen LogP contribution in [0.25, 0.3) is 0 Å². The van der Waals surface area contributed by atoms with E-state index >= 15 is 0 Å². The summed E-state index contributed by atoms with van der Waals surface area (Å²) in [4.78, 5) is 14.7. The number of sulfonamides is 1. The van der Waals surface area contributed by atoms with Crippen LogP contribution in [0.15, 0.2) is 53.4 Å². The second-order valence-corrected chi connectivity index (χ2v) is 8.52. The van der Waals surface area contributed by atoms with Gasteiger partial charge in [0.05, 0.1) is 11.5 Å². The highest BCUT2D eigenvalue weighted by Crippen LogP contribution is 2.24. The van der Waals surface area contributed by atoms with Crippen molar-refractivity contribution in [1.82, 2.24) is 9.62 Å². The summed E-state index contributed by atoms with van der Waals surface area (Å²) in [5.74, 6) is -0.297. The van der Waals surface area contributed by atoms with E-state index in [1.165, 1.54) is 17.0 Å². The molecular formula is C20H24N2O4S.